The normalized spacial score (nSPS) is 12.4. The van der Waals surface area contributed by atoms with Crippen LogP contribution < -0.4 is 15.3 Å². The molecule has 1 heterocycles. The number of rotatable bonds is 4. The Kier molecular flexibility index (Phi) is 3.47. The molecule has 8 nitrogen and oxygen atoms in total. The van der Waals surface area contributed by atoms with E-state index in [1.54, 1.807) is 0 Å². The molecule has 1 aromatic rings. The molecule has 0 aliphatic rings. The lowest BCUT2D eigenvalue weighted by atomic mass is 10.4. The van der Waals surface area contributed by atoms with Crippen LogP contribution in [-0.4, -0.2) is 39.7 Å². The second-order valence-corrected chi connectivity index (χ2v) is 2.78. The highest BCUT2D eigenvalue weighted by molar-refractivity contribution is 5.37. The van der Waals surface area contributed by atoms with Gasteiger partial charge in [-0.15, -0.1) is 4.85 Å². The predicted molar refractivity (Wildman–Crippen MR) is 47.9 cm³/mol. The number of nitrogens with zero attached hydrogens (tertiary/aromatic N) is 2. The van der Waals surface area contributed by atoms with E-state index >= 15 is 0 Å². The van der Waals surface area contributed by atoms with Crippen LogP contribution in [0.5, 0.6) is 11.6 Å². The van der Waals surface area contributed by atoms with E-state index in [9.17, 15) is 5.21 Å². The third-order valence-corrected chi connectivity index (χ3v) is 1.55. The third kappa shape index (κ3) is 2.82. The standard InChI is InChI=1S/C7H11N3O5/c8-6-1-5(7(13)9-10(6)14)15-3-4(12)2-11/h1,4,11-12H,2-3,8H2,(H,9,13). The highest BCUT2D eigenvalue weighted by atomic mass is 16.5. The molecule has 1 unspecified atom stereocenters. The van der Waals surface area contributed by atoms with Gasteiger partial charge in [-0.05, 0) is 5.10 Å². The Balaban J connectivity index is 2.73. The molecule has 5 N–H and O–H groups in total. The summed E-state index contributed by atoms with van der Waals surface area (Å²) in [6, 6.07) is 1.07. The topological polar surface area (TPSA) is 136 Å². The van der Waals surface area contributed by atoms with Crippen LogP contribution in [0.3, 0.4) is 0 Å². The molecule has 84 valence electrons. The van der Waals surface area contributed by atoms with Crippen molar-refractivity contribution in [1.82, 2.24) is 5.10 Å². The van der Waals surface area contributed by atoms with Crippen LogP contribution in [0.25, 0.3) is 0 Å². The fourth-order valence-electron chi connectivity index (χ4n) is 0.792. The largest absolute Gasteiger partial charge is 0.691 e. The summed E-state index contributed by atoms with van der Waals surface area (Å²) < 4.78 is 4.87. The van der Waals surface area contributed by atoms with Gasteiger partial charge in [-0.1, -0.05) is 0 Å². The molecular formula is C7H11N3O5. The summed E-state index contributed by atoms with van der Waals surface area (Å²) in [5.41, 5.74) is 5.21. The first kappa shape index (κ1) is 11.3. The Morgan fingerprint density at radius 2 is 2.33 bits per heavy atom. The first-order valence-electron chi connectivity index (χ1n) is 4.05. The van der Waals surface area contributed by atoms with Crippen LogP contribution in [0, 0.1) is 5.21 Å². The molecule has 1 atom stereocenters. The van der Waals surface area contributed by atoms with Gasteiger partial charge in [0, 0.05) is 0 Å². The average Bonchev–Trinajstić information content (AvgIpc) is 2.21. The SMILES string of the molecule is Nc1cc(OCC(O)CO)c(O)n[n+]1[O-]. The lowest BCUT2D eigenvalue weighted by molar-refractivity contribution is -0.655. The summed E-state index contributed by atoms with van der Waals surface area (Å²) in [6.07, 6.45) is -1.08. The molecule has 0 spiro atoms. The van der Waals surface area contributed by atoms with E-state index < -0.39 is 18.6 Å². The molecular weight excluding hydrogens is 206 g/mol. The molecule has 0 saturated heterocycles. The van der Waals surface area contributed by atoms with Crippen molar-refractivity contribution in [3.8, 4) is 11.6 Å². The number of aromatic nitrogens is 2. The van der Waals surface area contributed by atoms with Gasteiger partial charge in [0.2, 0.25) is 0 Å². The first-order valence-corrected chi connectivity index (χ1v) is 4.05. The van der Waals surface area contributed by atoms with E-state index in [-0.39, 0.29) is 23.0 Å². The van der Waals surface area contributed by atoms with Gasteiger partial charge in [0.25, 0.3) is 5.88 Å². The van der Waals surface area contributed by atoms with E-state index in [4.69, 9.17) is 25.8 Å². The average molecular weight is 217 g/mol. The monoisotopic (exact) mass is 217 g/mol. The summed E-state index contributed by atoms with van der Waals surface area (Å²) in [4.78, 5) is 0.0324. The molecule has 8 heteroatoms. The molecule has 0 fully saturated rings. The molecule has 0 bridgehead atoms. The van der Waals surface area contributed by atoms with Gasteiger partial charge >= 0.3 is 5.82 Å². The van der Waals surface area contributed by atoms with E-state index in [1.807, 2.05) is 0 Å². The maximum absolute atomic E-state index is 10.8. The molecule has 0 aromatic carbocycles. The minimum atomic E-state index is -1.08. The van der Waals surface area contributed by atoms with Gasteiger partial charge in [-0.2, -0.15) is 0 Å². The van der Waals surface area contributed by atoms with Gasteiger partial charge in [-0.3, -0.25) is 5.73 Å². The molecule has 15 heavy (non-hydrogen) atoms. The smallest absolute Gasteiger partial charge is 0.300 e. The number of nitrogens with two attached hydrogens (primary N) is 1. The van der Waals surface area contributed by atoms with Crippen molar-refractivity contribution in [2.45, 2.75) is 6.10 Å². The zero-order valence-electron chi connectivity index (χ0n) is 7.70. The van der Waals surface area contributed by atoms with Gasteiger partial charge < -0.3 is 25.3 Å². The summed E-state index contributed by atoms with van der Waals surface area (Å²) in [5.74, 6) is -1.02. The number of nitrogen functional groups attached to an aromatic ring is 1. The van der Waals surface area contributed by atoms with Crippen molar-refractivity contribution in [3.05, 3.63) is 11.3 Å². The Morgan fingerprint density at radius 1 is 1.67 bits per heavy atom. The van der Waals surface area contributed by atoms with Crippen molar-refractivity contribution in [2.24, 2.45) is 0 Å². The highest BCUT2D eigenvalue weighted by Gasteiger charge is 2.12. The number of ether oxygens (including phenoxy) is 1. The molecule has 0 amide bonds. The highest BCUT2D eigenvalue weighted by Crippen LogP contribution is 2.22. The predicted octanol–water partition coefficient (Wildman–Crippen LogP) is -2.27. The Bertz CT molecular complexity index is 346. The number of aliphatic hydroxyl groups excluding tert-OH is 2. The summed E-state index contributed by atoms with van der Waals surface area (Å²) in [6.45, 7) is -0.716. The van der Waals surface area contributed by atoms with Crippen LogP contribution in [0.15, 0.2) is 6.07 Å². The van der Waals surface area contributed by atoms with Crippen molar-refractivity contribution in [2.75, 3.05) is 18.9 Å². The van der Waals surface area contributed by atoms with Crippen molar-refractivity contribution in [3.63, 3.8) is 0 Å². The number of hydrogen-bond donors (Lipinski definition) is 4. The Hall–Kier alpha value is -1.80. The van der Waals surface area contributed by atoms with E-state index in [1.165, 1.54) is 0 Å². The van der Waals surface area contributed by atoms with Crippen molar-refractivity contribution in [1.29, 1.82) is 0 Å². The van der Waals surface area contributed by atoms with Gasteiger partial charge in [0.05, 0.1) is 12.7 Å². The fraction of sp³-hybridized carbons (Fsp3) is 0.429. The number of hydrogen-bond acceptors (Lipinski definition) is 7. The van der Waals surface area contributed by atoms with Crippen LogP contribution in [0.1, 0.15) is 0 Å². The molecule has 0 aliphatic carbocycles. The Labute approximate surface area is 84.7 Å². The summed E-state index contributed by atoms with van der Waals surface area (Å²) in [7, 11) is 0. The van der Waals surface area contributed by atoms with Crippen molar-refractivity contribution >= 4 is 5.82 Å². The lowest BCUT2D eigenvalue weighted by Gasteiger charge is -2.11. The van der Waals surface area contributed by atoms with E-state index in [0.717, 1.165) is 6.07 Å². The number of anilines is 1. The number of aromatic hydroxyl groups is 1. The van der Waals surface area contributed by atoms with Crippen LogP contribution in [0.4, 0.5) is 5.82 Å². The maximum atomic E-state index is 10.8. The van der Waals surface area contributed by atoms with Crippen LogP contribution >= 0.6 is 0 Å². The minimum Gasteiger partial charge on any atom is -0.691 e. The lowest BCUT2D eigenvalue weighted by Crippen LogP contribution is -2.34. The molecule has 1 aromatic heterocycles. The van der Waals surface area contributed by atoms with Gasteiger partial charge in [0.15, 0.2) is 5.75 Å². The molecule has 0 aliphatic heterocycles. The fourth-order valence-corrected chi connectivity index (χ4v) is 0.792. The van der Waals surface area contributed by atoms with Gasteiger partial charge in [0.1, 0.15) is 12.7 Å². The third-order valence-electron chi connectivity index (χ3n) is 1.55. The Morgan fingerprint density at radius 3 is 2.93 bits per heavy atom. The summed E-state index contributed by atoms with van der Waals surface area (Å²) >= 11 is 0. The molecule has 1 rings (SSSR count). The minimum absolute atomic E-state index is 0.0324. The van der Waals surface area contributed by atoms with Crippen molar-refractivity contribution < 1.29 is 24.9 Å². The number of aliphatic hydroxyl groups is 2. The van der Waals surface area contributed by atoms with E-state index in [0.29, 0.717) is 0 Å². The molecule has 0 saturated carbocycles. The van der Waals surface area contributed by atoms with Crippen LogP contribution in [-0.2, 0) is 0 Å². The van der Waals surface area contributed by atoms with E-state index in [2.05, 4.69) is 5.10 Å². The quantitative estimate of drug-likeness (QED) is 0.330. The first-order chi connectivity index (χ1) is 7.04. The second-order valence-electron chi connectivity index (χ2n) is 2.78. The second kappa shape index (κ2) is 4.62. The zero-order valence-corrected chi connectivity index (χ0v) is 7.70. The van der Waals surface area contributed by atoms with Gasteiger partial charge in [-0.25, -0.2) is 0 Å². The van der Waals surface area contributed by atoms with Crippen LogP contribution in [0.2, 0.25) is 0 Å². The molecule has 0 radical (unpaired) electrons. The summed E-state index contributed by atoms with van der Waals surface area (Å²) in [5, 5.41) is 40.5. The maximum Gasteiger partial charge on any atom is 0.300 e. The zero-order chi connectivity index (χ0) is 11.4.